The molecule has 0 bridgehead atoms. The molecule has 0 heterocycles. The Labute approximate surface area is 81.7 Å². The summed E-state index contributed by atoms with van der Waals surface area (Å²) in [5, 5.41) is 0. The van der Waals surface area contributed by atoms with Crippen molar-refractivity contribution in [3.8, 4) is 0 Å². The second-order valence-corrected chi connectivity index (χ2v) is 2.73. The Morgan fingerprint density at radius 1 is 1.23 bits per heavy atom. The monoisotopic (exact) mass is 174 g/mol. The summed E-state index contributed by atoms with van der Waals surface area (Å²) in [5.41, 5.74) is 3.30. The van der Waals surface area contributed by atoms with Crippen LogP contribution in [-0.2, 0) is 0 Å². The van der Waals surface area contributed by atoms with E-state index in [0.717, 1.165) is 17.6 Å². The van der Waals surface area contributed by atoms with Gasteiger partial charge in [0, 0.05) is 0 Å². The maximum atomic E-state index is 3.93. The van der Waals surface area contributed by atoms with Crippen LogP contribution in [0.4, 0.5) is 0 Å². The van der Waals surface area contributed by atoms with Crippen molar-refractivity contribution in [2.45, 2.75) is 20.3 Å². The highest BCUT2D eigenvalue weighted by atomic mass is 14.0. The standard InChI is InChI=1S/C13H18/c1-6-10-13(11(5)7-2)12(8-3)9-4/h6-8,10H,2-3,5,9H2,1,4H3/b10-6-,13-12+. The molecule has 0 unspecified atom stereocenters. The number of hydrogen-bond donors (Lipinski definition) is 0. The lowest BCUT2D eigenvalue weighted by Crippen LogP contribution is -1.87. The maximum Gasteiger partial charge on any atom is -0.0162 e. The Kier molecular flexibility index (Phi) is 5.62. The fourth-order valence-corrected chi connectivity index (χ4v) is 1.14. The lowest BCUT2D eigenvalue weighted by atomic mass is 9.99. The Hall–Kier alpha value is -1.30. The van der Waals surface area contributed by atoms with Gasteiger partial charge in [-0.1, -0.05) is 51.0 Å². The molecule has 0 aromatic carbocycles. The van der Waals surface area contributed by atoms with Gasteiger partial charge in [0.1, 0.15) is 0 Å². The van der Waals surface area contributed by atoms with E-state index in [0.29, 0.717) is 0 Å². The van der Waals surface area contributed by atoms with Gasteiger partial charge in [0.05, 0.1) is 0 Å². The van der Waals surface area contributed by atoms with Gasteiger partial charge in [0.2, 0.25) is 0 Å². The third kappa shape index (κ3) is 3.29. The molecule has 0 fully saturated rings. The van der Waals surface area contributed by atoms with E-state index in [2.05, 4.69) is 26.7 Å². The molecule has 0 aromatic heterocycles. The van der Waals surface area contributed by atoms with Crippen molar-refractivity contribution in [1.82, 2.24) is 0 Å². The van der Waals surface area contributed by atoms with Crippen LogP contribution in [-0.4, -0.2) is 0 Å². The summed E-state index contributed by atoms with van der Waals surface area (Å²) >= 11 is 0. The van der Waals surface area contributed by atoms with Gasteiger partial charge in [-0.15, -0.1) is 0 Å². The van der Waals surface area contributed by atoms with Crippen LogP contribution >= 0.6 is 0 Å². The average molecular weight is 174 g/mol. The first-order chi connectivity index (χ1) is 6.21. The Balaban J connectivity index is 5.18. The Morgan fingerprint density at radius 3 is 2.15 bits per heavy atom. The van der Waals surface area contributed by atoms with Crippen molar-refractivity contribution in [3.05, 3.63) is 60.8 Å². The highest BCUT2D eigenvalue weighted by Crippen LogP contribution is 2.19. The third-order valence-corrected chi connectivity index (χ3v) is 1.90. The molecule has 70 valence electrons. The van der Waals surface area contributed by atoms with Crippen LogP contribution in [0.3, 0.4) is 0 Å². The van der Waals surface area contributed by atoms with Gasteiger partial charge in [-0.3, -0.25) is 0 Å². The number of hydrogen-bond acceptors (Lipinski definition) is 0. The Bertz CT molecular complexity index is 262. The van der Waals surface area contributed by atoms with Gasteiger partial charge in [0.15, 0.2) is 0 Å². The fraction of sp³-hybridized carbons (Fsp3) is 0.231. The molecule has 0 aromatic rings. The van der Waals surface area contributed by atoms with Crippen molar-refractivity contribution in [2.75, 3.05) is 0 Å². The molecule has 0 heteroatoms. The van der Waals surface area contributed by atoms with Crippen molar-refractivity contribution in [1.29, 1.82) is 0 Å². The summed E-state index contributed by atoms with van der Waals surface area (Å²) in [6, 6.07) is 0. The molecule has 0 aliphatic heterocycles. The predicted molar refractivity (Wildman–Crippen MR) is 61.7 cm³/mol. The quantitative estimate of drug-likeness (QED) is 0.548. The fourth-order valence-electron chi connectivity index (χ4n) is 1.14. The second kappa shape index (κ2) is 6.24. The molecule has 0 amide bonds. The molecule has 0 saturated heterocycles. The normalized spacial score (nSPS) is 12.5. The van der Waals surface area contributed by atoms with E-state index in [9.17, 15) is 0 Å². The zero-order valence-corrected chi connectivity index (χ0v) is 8.64. The van der Waals surface area contributed by atoms with Crippen LogP contribution in [0.5, 0.6) is 0 Å². The average Bonchev–Trinajstić information content (AvgIpc) is 2.17. The van der Waals surface area contributed by atoms with Crippen LogP contribution in [0.15, 0.2) is 60.8 Å². The smallest absolute Gasteiger partial charge is 0.0162 e. The SMILES string of the molecule is C=CC(=C)C(/C=C\C)=C(\C=C)CC. The molecule has 0 atom stereocenters. The Morgan fingerprint density at radius 2 is 1.85 bits per heavy atom. The molecule has 0 saturated carbocycles. The molecule has 0 radical (unpaired) electrons. The molecule has 0 N–H and O–H groups in total. The second-order valence-electron chi connectivity index (χ2n) is 2.73. The van der Waals surface area contributed by atoms with Crippen molar-refractivity contribution < 1.29 is 0 Å². The number of allylic oxidation sites excluding steroid dienone is 7. The molecule has 0 rings (SSSR count). The first kappa shape index (κ1) is 11.7. The summed E-state index contributed by atoms with van der Waals surface area (Å²) in [4.78, 5) is 0. The van der Waals surface area contributed by atoms with Gasteiger partial charge in [-0.05, 0) is 30.1 Å². The van der Waals surface area contributed by atoms with Crippen molar-refractivity contribution in [3.63, 3.8) is 0 Å². The third-order valence-electron chi connectivity index (χ3n) is 1.90. The van der Waals surface area contributed by atoms with Crippen LogP contribution in [0.25, 0.3) is 0 Å². The summed E-state index contributed by atoms with van der Waals surface area (Å²) in [6.45, 7) is 15.5. The largest absolute Gasteiger partial charge is 0.0988 e. The zero-order chi connectivity index (χ0) is 10.3. The maximum absolute atomic E-state index is 3.93. The number of rotatable bonds is 5. The predicted octanol–water partition coefficient (Wildman–Crippen LogP) is 4.20. The minimum absolute atomic E-state index is 0.954. The van der Waals surface area contributed by atoms with E-state index in [4.69, 9.17) is 0 Å². The summed E-state index contributed by atoms with van der Waals surface area (Å²) in [5.74, 6) is 0. The van der Waals surface area contributed by atoms with Crippen LogP contribution in [0.2, 0.25) is 0 Å². The minimum atomic E-state index is 0.954. The van der Waals surface area contributed by atoms with E-state index in [1.165, 1.54) is 5.57 Å². The summed E-state index contributed by atoms with van der Waals surface area (Å²) < 4.78 is 0. The highest BCUT2D eigenvalue weighted by Gasteiger charge is 1.99. The van der Waals surface area contributed by atoms with E-state index < -0.39 is 0 Å². The van der Waals surface area contributed by atoms with Gasteiger partial charge in [-0.2, -0.15) is 0 Å². The zero-order valence-electron chi connectivity index (χ0n) is 8.64. The van der Waals surface area contributed by atoms with Gasteiger partial charge >= 0.3 is 0 Å². The minimum Gasteiger partial charge on any atom is -0.0988 e. The molecule has 13 heavy (non-hydrogen) atoms. The van der Waals surface area contributed by atoms with E-state index in [-0.39, 0.29) is 0 Å². The van der Waals surface area contributed by atoms with Crippen molar-refractivity contribution >= 4 is 0 Å². The van der Waals surface area contributed by atoms with Gasteiger partial charge in [0.25, 0.3) is 0 Å². The van der Waals surface area contributed by atoms with Gasteiger partial charge < -0.3 is 0 Å². The van der Waals surface area contributed by atoms with Crippen LogP contribution < -0.4 is 0 Å². The lowest BCUT2D eigenvalue weighted by Gasteiger charge is -2.06. The highest BCUT2D eigenvalue weighted by molar-refractivity contribution is 5.49. The lowest BCUT2D eigenvalue weighted by molar-refractivity contribution is 1.13. The first-order valence-electron chi connectivity index (χ1n) is 4.51. The summed E-state index contributed by atoms with van der Waals surface area (Å²) in [6.07, 6.45) is 8.67. The van der Waals surface area contributed by atoms with Crippen LogP contribution in [0.1, 0.15) is 20.3 Å². The first-order valence-corrected chi connectivity index (χ1v) is 4.51. The molecule has 0 nitrogen and oxygen atoms in total. The summed E-state index contributed by atoms with van der Waals surface area (Å²) in [7, 11) is 0. The van der Waals surface area contributed by atoms with Gasteiger partial charge in [-0.25, -0.2) is 0 Å². The molecule has 0 spiro atoms. The molecular weight excluding hydrogens is 156 g/mol. The molecular formula is C13H18. The van der Waals surface area contributed by atoms with E-state index >= 15 is 0 Å². The topological polar surface area (TPSA) is 0 Å². The van der Waals surface area contributed by atoms with Crippen molar-refractivity contribution in [2.24, 2.45) is 0 Å². The molecule has 0 aliphatic carbocycles. The van der Waals surface area contributed by atoms with E-state index in [1.54, 1.807) is 6.08 Å². The molecule has 0 aliphatic rings. The van der Waals surface area contributed by atoms with E-state index in [1.807, 2.05) is 25.2 Å². The van der Waals surface area contributed by atoms with Crippen LogP contribution in [0, 0.1) is 0 Å².